The Labute approximate surface area is 111 Å². The zero-order valence-electron chi connectivity index (χ0n) is 11.3. The van der Waals surface area contributed by atoms with Gasteiger partial charge >= 0.3 is 6.18 Å². The molecule has 0 heterocycles. The van der Waals surface area contributed by atoms with Gasteiger partial charge in [-0.1, -0.05) is 6.92 Å². The molecule has 4 heteroatoms. The summed E-state index contributed by atoms with van der Waals surface area (Å²) in [6.45, 7) is 5.82. The Balaban J connectivity index is 3.10. The van der Waals surface area contributed by atoms with E-state index in [0.717, 1.165) is 12.1 Å². The van der Waals surface area contributed by atoms with Gasteiger partial charge in [0.15, 0.2) is 0 Å². The van der Waals surface area contributed by atoms with Gasteiger partial charge in [0.05, 0.1) is 12.2 Å². The molecule has 19 heavy (non-hydrogen) atoms. The van der Waals surface area contributed by atoms with Crippen molar-refractivity contribution in [3.05, 3.63) is 29.3 Å². The summed E-state index contributed by atoms with van der Waals surface area (Å²) >= 11 is 0. The number of rotatable bonds is 4. The Morgan fingerprint density at radius 1 is 1.32 bits per heavy atom. The van der Waals surface area contributed by atoms with E-state index in [1.165, 1.54) is 6.07 Å². The van der Waals surface area contributed by atoms with Gasteiger partial charge in [-0.05, 0) is 44.0 Å². The fraction of sp³-hybridized carbons (Fsp3) is 0.467. The van der Waals surface area contributed by atoms with Crippen LogP contribution >= 0.6 is 0 Å². The molecular formula is C15H17F3O. The van der Waals surface area contributed by atoms with Crippen molar-refractivity contribution >= 4 is 0 Å². The molecule has 0 saturated heterocycles. The molecule has 0 fully saturated rings. The number of alkyl halides is 3. The molecule has 0 bridgehead atoms. The Bertz CT molecular complexity index is 480. The highest BCUT2D eigenvalue weighted by molar-refractivity contribution is 5.39. The summed E-state index contributed by atoms with van der Waals surface area (Å²) in [5.74, 6) is 6.20. The molecule has 104 valence electrons. The van der Waals surface area contributed by atoms with E-state index in [1.807, 2.05) is 6.92 Å². The van der Waals surface area contributed by atoms with Gasteiger partial charge in [0.1, 0.15) is 5.75 Å². The predicted octanol–water partition coefficient (Wildman–Crippen LogP) is 4.31. The maximum Gasteiger partial charge on any atom is 0.416 e. The van der Waals surface area contributed by atoms with E-state index in [4.69, 9.17) is 4.74 Å². The Morgan fingerprint density at radius 3 is 2.53 bits per heavy atom. The van der Waals surface area contributed by atoms with Crippen molar-refractivity contribution in [2.45, 2.75) is 33.4 Å². The van der Waals surface area contributed by atoms with E-state index in [9.17, 15) is 13.2 Å². The van der Waals surface area contributed by atoms with Crippen LogP contribution in [0.1, 0.15) is 31.9 Å². The average Bonchev–Trinajstić information content (AvgIpc) is 2.30. The van der Waals surface area contributed by atoms with Crippen LogP contribution in [0.5, 0.6) is 5.75 Å². The minimum Gasteiger partial charge on any atom is -0.494 e. The lowest BCUT2D eigenvalue weighted by molar-refractivity contribution is -0.137. The Kier molecular flexibility index (Phi) is 5.29. The van der Waals surface area contributed by atoms with Crippen LogP contribution in [0.3, 0.4) is 0 Å². The smallest absolute Gasteiger partial charge is 0.416 e. The number of hydrogen-bond donors (Lipinski definition) is 0. The largest absolute Gasteiger partial charge is 0.494 e. The van der Waals surface area contributed by atoms with Crippen LogP contribution in [-0.2, 0) is 12.6 Å². The number of hydrogen-bond acceptors (Lipinski definition) is 1. The average molecular weight is 270 g/mol. The van der Waals surface area contributed by atoms with Crippen molar-refractivity contribution in [3.8, 4) is 17.6 Å². The van der Waals surface area contributed by atoms with Crippen molar-refractivity contribution in [3.63, 3.8) is 0 Å². The zero-order valence-corrected chi connectivity index (χ0v) is 11.3. The molecule has 1 aromatic carbocycles. The zero-order chi connectivity index (χ0) is 14.5. The van der Waals surface area contributed by atoms with Crippen molar-refractivity contribution in [1.29, 1.82) is 0 Å². The molecule has 0 N–H and O–H groups in total. The second-order valence-corrected chi connectivity index (χ2v) is 4.25. The molecule has 0 radical (unpaired) electrons. The summed E-state index contributed by atoms with van der Waals surface area (Å²) < 4.78 is 43.5. The molecule has 1 unspecified atom stereocenters. The minimum atomic E-state index is -4.33. The summed E-state index contributed by atoms with van der Waals surface area (Å²) in [5.41, 5.74) is -0.102. The first kappa shape index (κ1) is 15.4. The molecule has 0 saturated carbocycles. The van der Waals surface area contributed by atoms with E-state index in [-0.39, 0.29) is 5.92 Å². The number of benzene rings is 1. The lowest BCUT2D eigenvalue weighted by atomic mass is 9.98. The Morgan fingerprint density at radius 2 is 2.00 bits per heavy atom. The third-order valence-corrected chi connectivity index (χ3v) is 2.60. The van der Waals surface area contributed by atoms with Crippen molar-refractivity contribution in [2.24, 2.45) is 5.92 Å². The van der Waals surface area contributed by atoms with Gasteiger partial charge in [-0.25, -0.2) is 0 Å². The number of ether oxygens (including phenoxy) is 1. The molecule has 1 atom stereocenters. The standard InChI is InChI=1S/C15H17F3O/c1-4-6-11(3)9-12-10-13(15(16,17)18)7-8-14(12)19-5-2/h7-8,10-11H,5,9H2,1-3H3. The first-order chi connectivity index (χ1) is 8.88. The van der Waals surface area contributed by atoms with Gasteiger partial charge in [0.25, 0.3) is 0 Å². The highest BCUT2D eigenvalue weighted by Crippen LogP contribution is 2.33. The molecule has 0 aromatic heterocycles. The van der Waals surface area contributed by atoms with Gasteiger partial charge in [-0.2, -0.15) is 13.2 Å². The second-order valence-electron chi connectivity index (χ2n) is 4.25. The summed E-state index contributed by atoms with van der Waals surface area (Å²) in [5, 5.41) is 0. The summed E-state index contributed by atoms with van der Waals surface area (Å²) in [4.78, 5) is 0. The fourth-order valence-electron chi connectivity index (χ4n) is 1.84. The van der Waals surface area contributed by atoms with Crippen LogP contribution in [0.25, 0.3) is 0 Å². The fourth-order valence-corrected chi connectivity index (χ4v) is 1.84. The second kappa shape index (κ2) is 6.51. The third kappa shape index (κ3) is 4.51. The van der Waals surface area contributed by atoms with E-state index < -0.39 is 11.7 Å². The van der Waals surface area contributed by atoms with E-state index >= 15 is 0 Å². The van der Waals surface area contributed by atoms with Crippen molar-refractivity contribution in [1.82, 2.24) is 0 Å². The molecule has 0 aliphatic heterocycles. The third-order valence-electron chi connectivity index (χ3n) is 2.60. The lowest BCUT2D eigenvalue weighted by Gasteiger charge is -2.15. The van der Waals surface area contributed by atoms with E-state index in [1.54, 1.807) is 13.8 Å². The maximum absolute atomic E-state index is 12.7. The van der Waals surface area contributed by atoms with Gasteiger partial charge in [-0.3, -0.25) is 0 Å². The van der Waals surface area contributed by atoms with Gasteiger partial charge in [0.2, 0.25) is 0 Å². The summed E-state index contributed by atoms with van der Waals surface area (Å²) in [6.07, 6.45) is -3.89. The van der Waals surface area contributed by atoms with Crippen LogP contribution in [0.15, 0.2) is 18.2 Å². The molecule has 1 aromatic rings. The van der Waals surface area contributed by atoms with E-state index in [2.05, 4.69) is 11.8 Å². The number of halogens is 3. The van der Waals surface area contributed by atoms with Crippen LogP contribution in [-0.4, -0.2) is 6.61 Å². The monoisotopic (exact) mass is 270 g/mol. The van der Waals surface area contributed by atoms with Crippen LogP contribution in [0.2, 0.25) is 0 Å². The Hall–Kier alpha value is -1.63. The topological polar surface area (TPSA) is 9.23 Å². The van der Waals surface area contributed by atoms with Crippen molar-refractivity contribution < 1.29 is 17.9 Å². The molecular weight excluding hydrogens is 253 g/mol. The molecule has 1 nitrogen and oxygen atoms in total. The lowest BCUT2D eigenvalue weighted by Crippen LogP contribution is -2.08. The SMILES string of the molecule is CC#CC(C)Cc1cc(C(F)(F)F)ccc1OCC. The van der Waals surface area contributed by atoms with Crippen molar-refractivity contribution in [2.75, 3.05) is 6.61 Å². The van der Waals surface area contributed by atoms with E-state index in [0.29, 0.717) is 24.3 Å². The van der Waals surface area contributed by atoms with Gasteiger partial charge in [0, 0.05) is 5.92 Å². The normalized spacial score (nSPS) is 12.5. The molecule has 1 rings (SSSR count). The summed E-state index contributed by atoms with van der Waals surface area (Å²) in [7, 11) is 0. The molecule has 0 amide bonds. The van der Waals surface area contributed by atoms with Gasteiger partial charge in [-0.15, -0.1) is 11.8 Å². The molecule has 0 aliphatic rings. The maximum atomic E-state index is 12.7. The quantitative estimate of drug-likeness (QED) is 0.741. The minimum absolute atomic E-state index is 0.00677. The first-order valence-corrected chi connectivity index (χ1v) is 6.13. The highest BCUT2D eigenvalue weighted by Gasteiger charge is 2.31. The van der Waals surface area contributed by atoms with Crippen LogP contribution in [0, 0.1) is 17.8 Å². The predicted molar refractivity (Wildman–Crippen MR) is 68.9 cm³/mol. The first-order valence-electron chi connectivity index (χ1n) is 6.13. The van der Waals surface area contributed by atoms with Crippen LogP contribution in [0.4, 0.5) is 13.2 Å². The highest BCUT2D eigenvalue weighted by atomic mass is 19.4. The van der Waals surface area contributed by atoms with Crippen LogP contribution < -0.4 is 4.74 Å². The summed E-state index contributed by atoms with van der Waals surface area (Å²) in [6, 6.07) is 3.58. The van der Waals surface area contributed by atoms with Gasteiger partial charge < -0.3 is 4.74 Å². The molecule has 0 spiro atoms. The molecule has 0 aliphatic carbocycles.